The van der Waals surface area contributed by atoms with Crippen molar-refractivity contribution in [3.8, 4) is 0 Å². The maximum Gasteiger partial charge on any atom is 0.328 e. The fourth-order valence-electron chi connectivity index (χ4n) is 3.47. The maximum atomic E-state index is 13.3. The van der Waals surface area contributed by atoms with Crippen LogP contribution in [0.25, 0.3) is 10.9 Å². The molecule has 1 unspecified atom stereocenters. The number of rotatable bonds is 5. The van der Waals surface area contributed by atoms with Crippen molar-refractivity contribution in [1.82, 2.24) is 19.8 Å². The molecule has 2 aromatic heterocycles. The Labute approximate surface area is 173 Å². The number of thioether (sulfide) groups is 1. The summed E-state index contributed by atoms with van der Waals surface area (Å²) in [5.74, 6) is -0.119. The molecule has 1 N–H and O–H groups in total. The van der Waals surface area contributed by atoms with E-state index in [-0.39, 0.29) is 17.2 Å². The van der Waals surface area contributed by atoms with Crippen LogP contribution in [-0.2, 0) is 0 Å². The van der Waals surface area contributed by atoms with Crippen molar-refractivity contribution in [2.24, 2.45) is 0 Å². The van der Waals surface area contributed by atoms with E-state index >= 15 is 0 Å². The number of pyridine rings is 1. The van der Waals surface area contributed by atoms with Crippen molar-refractivity contribution < 1.29 is 9.59 Å². The topological polar surface area (TPSA) is 67.2 Å². The van der Waals surface area contributed by atoms with Gasteiger partial charge in [-0.05, 0) is 26.0 Å². The number of amides is 1. The molecule has 7 heteroatoms. The molecule has 0 fully saturated rings. The number of hydrogen-bond donors (Lipinski definition) is 1. The van der Waals surface area contributed by atoms with E-state index in [0.717, 1.165) is 16.5 Å². The summed E-state index contributed by atoms with van der Waals surface area (Å²) in [4.78, 5) is 32.1. The summed E-state index contributed by atoms with van der Waals surface area (Å²) in [5, 5.41) is 5.86. The highest BCUT2D eigenvalue weighted by atomic mass is 32.2. The van der Waals surface area contributed by atoms with Crippen LogP contribution in [0, 0.1) is 0 Å². The molecule has 1 atom stereocenters. The van der Waals surface area contributed by atoms with Crippen LogP contribution >= 0.6 is 11.8 Å². The molecule has 1 amide bonds. The van der Waals surface area contributed by atoms with Gasteiger partial charge in [-0.1, -0.05) is 24.3 Å². The van der Waals surface area contributed by atoms with E-state index in [1.165, 1.54) is 0 Å². The van der Waals surface area contributed by atoms with Gasteiger partial charge in [0, 0.05) is 48.0 Å². The molecule has 6 nitrogen and oxygen atoms in total. The van der Waals surface area contributed by atoms with Crippen molar-refractivity contribution in [1.29, 1.82) is 0 Å². The van der Waals surface area contributed by atoms with Gasteiger partial charge < -0.3 is 10.2 Å². The smallest absolute Gasteiger partial charge is 0.328 e. The molecule has 148 valence electrons. The second kappa shape index (κ2) is 8.13. The average Bonchev–Trinajstić information content (AvgIpc) is 3.40. The van der Waals surface area contributed by atoms with Gasteiger partial charge in [0.15, 0.2) is 0 Å². The largest absolute Gasteiger partial charge is 0.366 e. The van der Waals surface area contributed by atoms with E-state index in [1.54, 1.807) is 39.8 Å². The number of aromatic nitrogens is 2. The summed E-state index contributed by atoms with van der Waals surface area (Å²) < 4.78 is 1.58. The van der Waals surface area contributed by atoms with Crippen molar-refractivity contribution in [2.75, 3.05) is 13.1 Å². The number of carbonyl (C=O) groups is 2. The van der Waals surface area contributed by atoms with Gasteiger partial charge in [-0.2, -0.15) is 0 Å². The van der Waals surface area contributed by atoms with Crippen LogP contribution in [0.15, 0.2) is 66.1 Å². The minimum absolute atomic E-state index is 0.0479. The molecule has 0 bridgehead atoms. The summed E-state index contributed by atoms with van der Waals surface area (Å²) in [7, 11) is 0. The highest BCUT2D eigenvalue weighted by Gasteiger charge is 2.27. The molecule has 3 heterocycles. The normalized spacial score (nSPS) is 15.8. The number of para-hydroxylation sites is 1. The van der Waals surface area contributed by atoms with E-state index in [1.807, 2.05) is 55.7 Å². The van der Waals surface area contributed by atoms with Crippen LogP contribution in [0.1, 0.15) is 35.1 Å². The van der Waals surface area contributed by atoms with Crippen LogP contribution in [-0.4, -0.2) is 39.4 Å². The van der Waals surface area contributed by atoms with Crippen LogP contribution in [0.4, 0.5) is 4.79 Å². The number of Topliss-reactive ketones (excluding diaryl/α,β-unsaturated/α-hetero) is 1. The van der Waals surface area contributed by atoms with Crippen LogP contribution < -0.4 is 5.32 Å². The molecule has 0 saturated heterocycles. The fraction of sp³-hybridized carbons (Fsp3) is 0.227. The Morgan fingerprint density at radius 1 is 1.17 bits per heavy atom. The molecule has 0 spiro atoms. The molecule has 4 rings (SSSR count). The lowest BCUT2D eigenvalue weighted by Gasteiger charge is -2.19. The first-order valence-electron chi connectivity index (χ1n) is 9.60. The Balaban J connectivity index is 1.66. The quantitative estimate of drug-likeness (QED) is 0.636. The van der Waals surface area contributed by atoms with Crippen molar-refractivity contribution in [3.63, 3.8) is 0 Å². The van der Waals surface area contributed by atoms with Crippen LogP contribution in [0.3, 0.4) is 0 Å². The third kappa shape index (κ3) is 3.53. The number of nitrogens with zero attached hydrogens (tertiary/aromatic N) is 3. The molecule has 0 aliphatic carbocycles. The number of hydrogen-bond acceptors (Lipinski definition) is 5. The van der Waals surface area contributed by atoms with Gasteiger partial charge in [-0.25, -0.2) is 4.79 Å². The van der Waals surface area contributed by atoms with Gasteiger partial charge in [0.1, 0.15) is 5.37 Å². The highest BCUT2D eigenvalue weighted by Crippen LogP contribution is 2.35. The Bertz CT molecular complexity index is 1090. The lowest BCUT2D eigenvalue weighted by atomic mass is 10.1. The van der Waals surface area contributed by atoms with Crippen molar-refractivity contribution in [2.45, 2.75) is 19.2 Å². The predicted molar refractivity (Wildman–Crippen MR) is 116 cm³/mol. The number of benzene rings is 1. The van der Waals surface area contributed by atoms with E-state index in [9.17, 15) is 9.59 Å². The molecule has 1 aliphatic rings. The zero-order valence-corrected chi connectivity index (χ0v) is 17.1. The Morgan fingerprint density at radius 3 is 2.69 bits per heavy atom. The van der Waals surface area contributed by atoms with Gasteiger partial charge >= 0.3 is 6.03 Å². The molecule has 1 aliphatic heterocycles. The first-order valence-corrected chi connectivity index (χ1v) is 10.5. The SMILES string of the molecule is CCN(CC)C(=O)n1cc(C(=O)C2=CSC(c3cccnc3)N2)c2ccccc21. The standard InChI is InChI=1S/C22H22N4O2S/c1-3-25(4-2)22(28)26-13-17(16-9-5-6-10-19(16)26)20(27)18-14-29-21(24-18)15-8-7-11-23-12-15/h5-14,21,24H,3-4H2,1-2H3. The molecular formula is C22H22N4O2S. The summed E-state index contributed by atoms with van der Waals surface area (Å²) in [6.07, 6.45) is 5.18. The van der Waals surface area contributed by atoms with Crippen LogP contribution in [0.5, 0.6) is 0 Å². The van der Waals surface area contributed by atoms with E-state index in [0.29, 0.717) is 24.4 Å². The summed E-state index contributed by atoms with van der Waals surface area (Å²) >= 11 is 1.54. The van der Waals surface area contributed by atoms with Gasteiger partial charge in [-0.15, -0.1) is 11.8 Å². The Morgan fingerprint density at radius 2 is 1.97 bits per heavy atom. The zero-order valence-electron chi connectivity index (χ0n) is 16.3. The van der Waals surface area contributed by atoms with Gasteiger partial charge in [0.25, 0.3) is 0 Å². The second-order valence-electron chi connectivity index (χ2n) is 6.69. The second-order valence-corrected chi connectivity index (χ2v) is 7.67. The zero-order chi connectivity index (χ0) is 20.4. The molecule has 0 radical (unpaired) electrons. The molecule has 3 aromatic rings. The maximum absolute atomic E-state index is 13.3. The average molecular weight is 407 g/mol. The lowest BCUT2D eigenvalue weighted by molar-refractivity contribution is 0.102. The first kappa shape index (κ1) is 19.3. The molecule has 1 aromatic carbocycles. The Hall–Kier alpha value is -3.06. The van der Waals surface area contributed by atoms with E-state index in [4.69, 9.17) is 0 Å². The molecule has 29 heavy (non-hydrogen) atoms. The number of fused-ring (bicyclic) bond motifs is 1. The fourth-order valence-corrected chi connectivity index (χ4v) is 4.41. The van der Waals surface area contributed by atoms with Gasteiger partial charge in [0.2, 0.25) is 5.78 Å². The minimum atomic E-state index is -0.124. The Kier molecular flexibility index (Phi) is 5.40. The third-order valence-corrected chi connectivity index (χ3v) is 6.07. The molecular weight excluding hydrogens is 384 g/mol. The molecule has 0 saturated carbocycles. The third-order valence-electron chi connectivity index (χ3n) is 5.04. The number of allylic oxidation sites excluding steroid dienone is 1. The number of ketones is 1. The van der Waals surface area contributed by atoms with Gasteiger partial charge in [-0.3, -0.25) is 14.3 Å². The van der Waals surface area contributed by atoms with Gasteiger partial charge in [0.05, 0.1) is 16.8 Å². The highest BCUT2D eigenvalue weighted by molar-refractivity contribution is 8.02. The van der Waals surface area contributed by atoms with E-state index in [2.05, 4.69) is 10.3 Å². The van der Waals surface area contributed by atoms with E-state index < -0.39 is 0 Å². The summed E-state index contributed by atoms with van der Waals surface area (Å²) in [5.41, 5.74) is 2.80. The summed E-state index contributed by atoms with van der Waals surface area (Å²) in [6, 6.07) is 11.3. The van der Waals surface area contributed by atoms with Crippen molar-refractivity contribution >= 4 is 34.5 Å². The number of nitrogens with one attached hydrogen (secondary N) is 1. The first-order chi connectivity index (χ1) is 14.1. The van der Waals surface area contributed by atoms with Crippen molar-refractivity contribution in [3.05, 3.63) is 77.2 Å². The lowest BCUT2D eigenvalue weighted by Crippen LogP contribution is -2.33. The van der Waals surface area contributed by atoms with Crippen LogP contribution in [0.2, 0.25) is 0 Å². The number of carbonyl (C=O) groups excluding carboxylic acids is 2. The monoisotopic (exact) mass is 406 g/mol. The predicted octanol–water partition coefficient (Wildman–Crippen LogP) is 4.41. The summed E-state index contributed by atoms with van der Waals surface area (Å²) in [6.45, 7) is 5.12. The minimum Gasteiger partial charge on any atom is -0.366 e.